The van der Waals surface area contributed by atoms with E-state index in [0.29, 0.717) is 6.61 Å². The molecule has 0 bridgehead atoms. The Morgan fingerprint density at radius 3 is 2.57 bits per heavy atom. The largest absolute Gasteiger partial charge is 0.786 e. The molecule has 44 valence electrons. The van der Waals surface area contributed by atoms with Gasteiger partial charge in [0.2, 0.25) is 0 Å². The first-order chi connectivity index (χ1) is 3.31. The van der Waals surface area contributed by atoms with Gasteiger partial charge in [0.1, 0.15) is 0 Å². The van der Waals surface area contributed by atoms with Crippen LogP contribution in [-0.4, -0.2) is 12.8 Å². The van der Waals surface area contributed by atoms with Gasteiger partial charge in [-0.05, 0) is 13.8 Å². The third-order valence-electron chi connectivity index (χ3n) is 0.583. The first-order valence-electron chi connectivity index (χ1n) is 2.30. The number of rotatable bonds is 3. The minimum Gasteiger partial charge on any atom is -0.786 e. The van der Waals surface area contributed by atoms with Crippen LogP contribution in [0.25, 0.3) is 0 Å². The van der Waals surface area contributed by atoms with E-state index in [-0.39, 0.29) is 6.23 Å². The molecule has 0 spiro atoms. The summed E-state index contributed by atoms with van der Waals surface area (Å²) in [5.74, 6) is 0. The van der Waals surface area contributed by atoms with Gasteiger partial charge in [0.05, 0.1) is 6.23 Å². The Kier molecular flexibility index (Phi) is 3.98. The zero-order chi connectivity index (χ0) is 5.70. The van der Waals surface area contributed by atoms with Crippen LogP contribution < -0.4 is 5.48 Å². The second kappa shape index (κ2) is 4.05. The molecule has 0 aromatic heterocycles. The van der Waals surface area contributed by atoms with Gasteiger partial charge in [-0.2, -0.15) is 0 Å². The summed E-state index contributed by atoms with van der Waals surface area (Å²) >= 11 is 0. The van der Waals surface area contributed by atoms with Crippen LogP contribution in [0, 0.1) is 5.21 Å². The predicted octanol–water partition coefficient (Wildman–Crippen LogP) is 0.456. The van der Waals surface area contributed by atoms with Gasteiger partial charge >= 0.3 is 0 Å². The lowest BCUT2D eigenvalue weighted by molar-refractivity contribution is 0.0621. The summed E-state index contributed by atoms with van der Waals surface area (Å²) in [5.41, 5.74) is 1.69. The zero-order valence-electron chi connectivity index (χ0n) is 4.60. The SMILES string of the molecule is CCOC(C)N[O-]. The summed E-state index contributed by atoms with van der Waals surface area (Å²) in [6.07, 6.45) is -0.356. The zero-order valence-corrected chi connectivity index (χ0v) is 4.60. The molecule has 1 unspecified atom stereocenters. The van der Waals surface area contributed by atoms with Crippen molar-refractivity contribution in [3.8, 4) is 0 Å². The highest BCUT2D eigenvalue weighted by Gasteiger charge is 1.86. The summed E-state index contributed by atoms with van der Waals surface area (Å²) < 4.78 is 4.77. The van der Waals surface area contributed by atoms with Crippen LogP contribution in [0.2, 0.25) is 0 Å². The number of ether oxygens (including phenoxy) is 1. The summed E-state index contributed by atoms with van der Waals surface area (Å²) in [6, 6.07) is 0. The maximum Gasteiger partial charge on any atom is 0.0935 e. The molecule has 1 N–H and O–H groups in total. The smallest absolute Gasteiger partial charge is 0.0935 e. The summed E-state index contributed by atoms with van der Waals surface area (Å²) in [7, 11) is 0. The minimum atomic E-state index is -0.356. The summed E-state index contributed by atoms with van der Waals surface area (Å²) in [5, 5.41) is 9.64. The van der Waals surface area contributed by atoms with Crippen LogP contribution in [0.4, 0.5) is 0 Å². The van der Waals surface area contributed by atoms with E-state index in [9.17, 15) is 5.21 Å². The molecular weight excluding hydrogens is 94.0 g/mol. The van der Waals surface area contributed by atoms with E-state index in [1.807, 2.05) is 6.92 Å². The molecule has 0 aromatic rings. The maximum absolute atomic E-state index is 9.64. The van der Waals surface area contributed by atoms with Crippen molar-refractivity contribution in [3.05, 3.63) is 5.21 Å². The Hall–Kier alpha value is -0.120. The number of hydrogen-bond donors (Lipinski definition) is 1. The average Bonchev–Trinajstić information content (AvgIpc) is 1.68. The third-order valence-corrected chi connectivity index (χ3v) is 0.583. The van der Waals surface area contributed by atoms with Crippen molar-refractivity contribution >= 4 is 0 Å². The molecule has 0 amide bonds. The lowest BCUT2D eigenvalue weighted by Crippen LogP contribution is -2.22. The fraction of sp³-hybridized carbons (Fsp3) is 1.00. The predicted molar refractivity (Wildman–Crippen MR) is 27.6 cm³/mol. The van der Waals surface area contributed by atoms with Crippen LogP contribution >= 0.6 is 0 Å². The topological polar surface area (TPSA) is 44.3 Å². The molecule has 3 nitrogen and oxygen atoms in total. The standard InChI is InChI=1S/C4H10NO2/c1-3-7-4(2)5-6/h4-5H,3H2,1-2H3/q-1. The Morgan fingerprint density at radius 1 is 1.86 bits per heavy atom. The molecule has 0 saturated heterocycles. The maximum atomic E-state index is 9.64. The molecule has 0 aromatic carbocycles. The van der Waals surface area contributed by atoms with Crippen molar-refractivity contribution in [2.24, 2.45) is 0 Å². The van der Waals surface area contributed by atoms with Crippen LogP contribution in [0.5, 0.6) is 0 Å². The van der Waals surface area contributed by atoms with E-state index < -0.39 is 0 Å². The molecule has 0 radical (unpaired) electrons. The van der Waals surface area contributed by atoms with Gasteiger partial charge in [-0.15, -0.1) is 0 Å². The van der Waals surface area contributed by atoms with Gasteiger partial charge in [0.15, 0.2) is 0 Å². The lowest BCUT2D eigenvalue weighted by Gasteiger charge is -2.15. The van der Waals surface area contributed by atoms with Crippen LogP contribution in [0.15, 0.2) is 0 Å². The van der Waals surface area contributed by atoms with Crippen molar-refractivity contribution in [3.63, 3.8) is 0 Å². The van der Waals surface area contributed by atoms with Crippen LogP contribution in [-0.2, 0) is 4.74 Å². The van der Waals surface area contributed by atoms with Crippen LogP contribution in [0.1, 0.15) is 13.8 Å². The van der Waals surface area contributed by atoms with Gasteiger partial charge in [0, 0.05) is 6.61 Å². The molecule has 3 heteroatoms. The highest BCUT2D eigenvalue weighted by molar-refractivity contribution is 4.43. The second-order valence-electron chi connectivity index (χ2n) is 1.22. The van der Waals surface area contributed by atoms with Crippen LogP contribution in [0.3, 0.4) is 0 Å². The van der Waals surface area contributed by atoms with E-state index in [0.717, 1.165) is 0 Å². The van der Waals surface area contributed by atoms with Crippen molar-refractivity contribution in [2.45, 2.75) is 20.1 Å². The fourth-order valence-electron chi connectivity index (χ4n) is 0.284. The van der Waals surface area contributed by atoms with Crippen molar-refractivity contribution < 1.29 is 4.74 Å². The van der Waals surface area contributed by atoms with E-state index in [4.69, 9.17) is 4.74 Å². The first kappa shape index (κ1) is 6.88. The minimum absolute atomic E-state index is 0.356. The Bertz CT molecular complexity index is 40.7. The van der Waals surface area contributed by atoms with Gasteiger partial charge in [-0.25, -0.2) is 0 Å². The molecule has 7 heavy (non-hydrogen) atoms. The number of nitrogens with one attached hydrogen (secondary N) is 1. The summed E-state index contributed by atoms with van der Waals surface area (Å²) in [6.45, 7) is 4.08. The van der Waals surface area contributed by atoms with Crippen molar-refractivity contribution in [2.75, 3.05) is 6.61 Å². The number of hydrogen-bond acceptors (Lipinski definition) is 3. The summed E-state index contributed by atoms with van der Waals surface area (Å²) in [4.78, 5) is 0. The Labute approximate surface area is 43.2 Å². The highest BCUT2D eigenvalue weighted by Crippen LogP contribution is 1.80. The monoisotopic (exact) mass is 104 g/mol. The first-order valence-corrected chi connectivity index (χ1v) is 2.30. The molecule has 0 saturated carbocycles. The number of hydroxylamine groups is 1. The van der Waals surface area contributed by atoms with E-state index in [1.54, 1.807) is 12.4 Å². The van der Waals surface area contributed by atoms with E-state index in [1.165, 1.54) is 0 Å². The Balaban J connectivity index is 2.83. The van der Waals surface area contributed by atoms with E-state index >= 15 is 0 Å². The van der Waals surface area contributed by atoms with Crippen molar-refractivity contribution in [1.82, 2.24) is 5.48 Å². The van der Waals surface area contributed by atoms with Gasteiger partial charge in [-0.1, -0.05) is 0 Å². The lowest BCUT2D eigenvalue weighted by atomic mass is 10.7. The molecule has 0 rings (SSSR count). The molecule has 0 aliphatic rings. The molecule has 0 aliphatic carbocycles. The molecule has 0 fully saturated rings. The second-order valence-corrected chi connectivity index (χ2v) is 1.22. The normalized spacial score (nSPS) is 14.1. The molecule has 1 atom stereocenters. The van der Waals surface area contributed by atoms with Gasteiger partial charge in [0.25, 0.3) is 0 Å². The third kappa shape index (κ3) is 3.72. The highest BCUT2D eigenvalue weighted by atomic mass is 16.6. The molecular formula is C4H10NO2-. The van der Waals surface area contributed by atoms with Gasteiger partial charge in [-0.3, -0.25) is 0 Å². The molecule has 0 heterocycles. The quantitative estimate of drug-likeness (QED) is 0.417. The molecule has 0 aliphatic heterocycles. The van der Waals surface area contributed by atoms with Gasteiger partial charge < -0.3 is 15.4 Å². The Morgan fingerprint density at radius 2 is 2.43 bits per heavy atom. The van der Waals surface area contributed by atoms with Crippen molar-refractivity contribution in [1.29, 1.82) is 0 Å². The van der Waals surface area contributed by atoms with E-state index in [2.05, 4.69) is 0 Å². The average molecular weight is 104 g/mol. The fourth-order valence-corrected chi connectivity index (χ4v) is 0.284.